The molecule has 0 amide bonds. The van der Waals surface area contributed by atoms with Gasteiger partial charge >= 0.3 is 0 Å². The maximum Gasteiger partial charge on any atom is 0.0325 e. The highest BCUT2D eigenvalue weighted by molar-refractivity contribution is 5.24. The maximum atomic E-state index is 3.36. The first-order valence-corrected chi connectivity index (χ1v) is 3.91. The minimum Gasteiger partial charge on any atom is -0.385 e. The molecule has 0 aromatic rings. The molecule has 1 nitrogen and oxygen atoms in total. The molecule has 1 rings (SSSR count). The van der Waals surface area contributed by atoms with Crippen molar-refractivity contribution in [2.24, 2.45) is 0 Å². The Kier molecular flexibility index (Phi) is 2.55. The van der Waals surface area contributed by atoms with Crippen molar-refractivity contribution < 1.29 is 0 Å². The molecule has 1 aliphatic rings. The molecule has 0 aromatic carbocycles. The second kappa shape index (κ2) is 3.45. The zero-order valence-electron chi connectivity index (χ0n) is 6.78. The molecule has 0 saturated heterocycles. The molecule has 0 unspecified atom stereocenters. The highest BCUT2D eigenvalue weighted by atomic mass is 14.9. The molecule has 0 spiro atoms. The van der Waals surface area contributed by atoms with Crippen LogP contribution in [0.2, 0.25) is 0 Å². The molecule has 0 aliphatic carbocycles. The molecule has 1 N–H and O–H groups in total. The Morgan fingerprint density at radius 2 is 2.30 bits per heavy atom. The molecule has 0 bridgehead atoms. The summed E-state index contributed by atoms with van der Waals surface area (Å²) in [4.78, 5) is 0. The SMILES string of the molecule is C/C=C\C1=C(C)CCCN1. The molecule has 56 valence electrons. The largest absolute Gasteiger partial charge is 0.385 e. The van der Waals surface area contributed by atoms with Crippen LogP contribution in [0.3, 0.4) is 0 Å². The Morgan fingerprint density at radius 3 is 2.90 bits per heavy atom. The second-order valence-electron chi connectivity index (χ2n) is 2.72. The lowest BCUT2D eigenvalue weighted by atomic mass is 10.1. The van der Waals surface area contributed by atoms with Crippen molar-refractivity contribution in [3.63, 3.8) is 0 Å². The number of hydrogen-bond acceptors (Lipinski definition) is 1. The van der Waals surface area contributed by atoms with Crippen molar-refractivity contribution in [2.75, 3.05) is 6.54 Å². The van der Waals surface area contributed by atoms with E-state index in [9.17, 15) is 0 Å². The lowest BCUT2D eigenvalue weighted by molar-refractivity contribution is 0.674. The van der Waals surface area contributed by atoms with Gasteiger partial charge in [0.25, 0.3) is 0 Å². The third kappa shape index (κ3) is 1.63. The monoisotopic (exact) mass is 137 g/mol. The van der Waals surface area contributed by atoms with Gasteiger partial charge in [-0.05, 0) is 32.8 Å². The zero-order chi connectivity index (χ0) is 7.40. The first kappa shape index (κ1) is 7.39. The minimum absolute atomic E-state index is 1.14. The summed E-state index contributed by atoms with van der Waals surface area (Å²) in [6.07, 6.45) is 6.77. The van der Waals surface area contributed by atoms with Crippen LogP contribution in [0.5, 0.6) is 0 Å². The van der Waals surface area contributed by atoms with Crippen molar-refractivity contribution in [1.82, 2.24) is 5.32 Å². The van der Waals surface area contributed by atoms with Gasteiger partial charge in [-0.1, -0.05) is 11.6 Å². The molecular weight excluding hydrogens is 122 g/mol. The van der Waals surface area contributed by atoms with Gasteiger partial charge in [0.15, 0.2) is 0 Å². The van der Waals surface area contributed by atoms with E-state index in [1.165, 1.54) is 24.1 Å². The Labute approximate surface area is 62.8 Å². The highest BCUT2D eigenvalue weighted by Gasteiger charge is 2.03. The van der Waals surface area contributed by atoms with Gasteiger partial charge in [0.05, 0.1) is 0 Å². The highest BCUT2D eigenvalue weighted by Crippen LogP contribution is 2.13. The summed E-state index contributed by atoms with van der Waals surface area (Å²) in [7, 11) is 0. The summed E-state index contributed by atoms with van der Waals surface area (Å²) in [6.45, 7) is 5.38. The van der Waals surface area contributed by atoms with Crippen LogP contribution < -0.4 is 5.32 Å². The Morgan fingerprint density at radius 1 is 1.50 bits per heavy atom. The van der Waals surface area contributed by atoms with Crippen LogP contribution in [0.1, 0.15) is 26.7 Å². The van der Waals surface area contributed by atoms with Crippen molar-refractivity contribution >= 4 is 0 Å². The molecule has 0 saturated carbocycles. The van der Waals surface area contributed by atoms with Gasteiger partial charge in [-0.3, -0.25) is 0 Å². The molecule has 0 fully saturated rings. The van der Waals surface area contributed by atoms with E-state index >= 15 is 0 Å². The van der Waals surface area contributed by atoms with E-state index in [0.29, 0.717) is 0 Å². The van der Waals surface area contributed by atoms with E-state index < -0.39 is 0 Å². The molecule has 0 atom stereocenters. The van der Waals surface area contributed by atoms with Crippen LogP contribution in [0.15, 0.2) is 23.4 Å². The average Bonchev–Trinajstić information content (AvgIpc) is 1.94. The summed E-state index contributed by atoms with van der Waals surface area (Å²) in [6, 6.07) is 0. The smallest absolute Gasteiger partial charge is 0.0325 e. The van der Waals surface area contributed by atoms with E-state index in [2.05, 4.69) is 31.3 Å². The average molecular weight is 137 g/mol. The van der Waals surface area contributed by atoms with E-state index in [0.717, 1.165) is 6.54 Å². The van der Waals surface area contributed by atoms with E-state index in [1.807, 2.05) is 0 Å². The minimum atomic E-state index is 1.14. The lowest BCUT2D eigenvalue weighted by Crippen LogP contribution is -2.19. The molecule has 0 radical (unpaired) electrons. The quantitative estimate of drug-likeness (QED) is 0.584. The molecule has 1 heteroatoms. The van der Waals surface area contributed by atoms with Gasteiger partial charge in [0, 0.05) is 12.2 Å². The zero-order valence-corrected chi connectivity index (χ0v) is 6.78. The van der Waals surface area contributed by atoms with Crippen molar-refractivity contribution in [3.05, 3.63) is 23.4 Å². The van der Waals surface area contributed by atoms with Crippen LogP contribution in [0.25, 0.3) is 0 Å². The fraction of sp³-hybridized carbons (Fsp3) is 0.556. The maximum absolute atomic E-state index is 3.36. The standard InChI is InChI=1S/C9H15N/c1-3-5-9-8(2)6-4-7-10-9/h3,5,10H,4,6-7H2,1-2H3/b5-3-. The third-order valence-electron chi connectivity index (χ3n) is 1.84. The molecule has 0 aromatic heterocycles. The molecular formula is C9H15N. The fourth-order valence-corrected chi connectivity index (χ4v) is 1.23. The topological polar surface area (TPSA) is 12.0 Å². The number of hydrogen-bond donors (Lipinski definition) is 1. The predicted molar refractivity (Wildman–Crippen MR) is 44.8 cm³/mol. The second-order valence-corrected chi connectivity index (χ2v) is 2.72. The third-order valence-corrected chi connectivity index (χ3v) is 1.84. The Bertz CT molecular complexity index is 166. The predicted octanol–water partition coefficient (Wildman–Crippen LogP) is 2.22. The Balaban J connectivity index is 2.68. The van der Waals surface area contributed by atoms with Gasteiger partial charge in [-0.2, -0.15) is 0 Å². The summed E-state index contributed by atoms with van der Waals surface area (Å²) < 4.78 is 0. The van der Waals surface area contributed by atoms with Gasteiger partial charge in [-0.25, -0.2) is 0 Å². The van der Waals surface area contributed by atoms with Gasteiger partial charge < -0.3 is 5.32 Å². The van der Waals surface area contributed by atoms with E-state index in [-0.39, 0.29) is 0 Å². The number of rotatable bonds is 1. The van der Waals surface area contributed by atoms with Gasteiger partial charge in [-0.15, -0.1) is 0 Å². The van der Waals surface area contributed by atoms with Crippen LogP contribution in [0, 0.1) is 0 Å². The first-order valence-electron chi connectivity index (χ1n) is 3.91. The van der Waals surface area contributed by atoms with Gasteiger partial charge in [0.2, 0.25) is 0 Å². The van der Waals surface area contributed by atoms with E-state index in [1.54, 1.807) is 0 Å². The van der Waals surface area contributed by atoms with Crippen molar-refractivity contribution in [1.29, 1.82) is 0 Å². The van der Waals surface area contributed by atoms with Crippen LogP contribution in [-0.4, -0.2) is 6.54 Å². The van der Waals surface area contributed by atoms with Crippen molar-refractivity contribution in [2.45, 2.75) is 26.7 Å². The number of allylic oxidation sites excluding steroid dienone is 3. The lowest BCUT2D eigenvalue weighted by Gasteiger charge is -2.16. The number of nitrogens with one attached hydrogen (secondary N) is 1. The van der Waals surface area contributed by atoms with Crippen LogP contribution in [0.4, 0.5) is 0 Å². The Hall–Kier alpha value is -0.720. The van der Waals surface area contributed by atoms with Crippen LogP contribution in [-0.2, 0) is 0 Å². The fourth-order valence-electron chi connectivity index (χ4n) is 1.23. The summed E-state index contributed by atoms with van der Waals surface area (Å²) in [5.41, 5.74) is 2.82. The van der Waals surface area contributed by atoms with Crippen LogP contribution >= 0.6 is 0 Å². The summed E-state index contributed by atoms with van der Waals surface area (Å²) in [5.74, 6) is 0. The van der Waals surface area contributed by atoms with Gasteiger partial charge in [0.1, 0.15) is 0 Å². The molecule has 1 aliphatic heterocycles. The van der Waals surface area contributed by atoms with Crippen molar-refractivity contribution in [3.8, 4) is 0 Å². The normalized spacial score (nSPS) is 19.8. The molecule has 10 heavy (non-hydrogen) atoms. The first-order chi connectivity index (χ1) is 4.84. The molecule has 1 heterocycles. The summed E-state index contributed by atoms with van der Waals surface area (Å²) >= 11 is 0. The summed E-state index contributed by atoms with van der Waals surface area (Å²) in [5, 5.41) is 3.36. The van der Waals surface area contributed by atoms with E-state index in [4.69, 9.17) is 0 Å².